The maximum absolute atomic E-state index is 14.2. The van der Waals surface area contributed by atoms with E-state index < -0.39 is 22.2 Å². The van der Waals surface area contributed by atoms with Crippen molar-refractivity contribution in [1.82, 2.24) is 25.6 Å². The van der Waals surface area contributed by atoms with E-state index >= 15 is 0 Å². The molecule has 3 aromatic rings. The van der Waals surface area contributed by atoms with E-state index in [0.717, 1.165) is 46.7 Å². The molecule has 4 N–H and O–H groups in total. The third-order valence-corrected chi connectivity index (χ3v) is 13.1. The maximum Gasteiger partial charge on any atom is 0.227 e. The van der Waals surface area contributed by atoms with Gasteiger partial charge in [0, 0.05) is 66.5 Å². The van der Waals surface area contributed by atoms with Gasteiger partial charge in [-0.3, -0.25) is 19.2 Å². The maximum atomic E-state index is 14.2. The number of benzene rings is 2. The van der Waals surface area contributed by atoms with E-state index in [0.29, 0.717) is 56.9 Å². The van der Waals surface area contributed by atoms with Gasteiger partial charge in [0.15, 0.2) is 0 Å². The minimum Gasteiger partial charge on any atom is -0.375 e. The van der Waals surface area contributed by atoms with Gasteiger partial charge in [-0.2, -0.15) is 0 Å². The number of hydrogen-bond donors (Lipinski definition) is 3. The number of ether oxygens (including phenoxy) is 2. The van der Waals surface area contributed by atoms with Crippen LogP contribution in [-0.4, -0.2) is 86.1 Å². The largest absolute Gasteiger partial charge is 0.375 e. The lowest BCUT2D eigenvalue weighted by Gasteiger charge is -2.33. The van der Waals surface area contributed by atoms with Crippen molar-refractivity contribution in [2.24, 2.45) is 11.1 Å². The van der Waals surface area contributed by atoms with Crippen molar-refractivity contribution in [2.45, 2.75) is 150 Å². The summed E-state index contributed by atoms with van der Waals surface area (Å²) >= 11 is 0. The number of carbonyl (C=O) groups excluding carboxylic acids is 4. The normalized spacial score (nSPS) is 13.2. The quantitative estimate of drug-likeness (QED) is 0.0590. The van der Waals surface area contributed by atoms with Gasteiger partial charge < -0.3 is 30.7 Å². The lowest BCUT2D eigenvalue weighted by molar-refractivity contribution is -0.132. The number of primary amides is 1. The molecule has 0 fully saturated rings. The summed E-state index contributed by atoms with van der Waals surface area (Å²) in [4.78, 5) is 52.9. The summed E-state index contributed by atoms with van der Waals surface area (Å²) in [6.07, 6.45) is 3.30. The van der Waals surface area contributed by atoms with E-state index in [9.17, 15) is 19.2 Å². The Labute approximate surface area is 371 Å². The Morgan fingerprint density at radius 2 is 1.48 bits per heavy atom. The van der Waals surface area contributed by atoms with Crippen LogP contribution < -0.4 is 21.3 Å². The van der Waals surface area contributed by atoms with E-state index in [1.807, 2.05) is 109 Å². The highest BCUT2D eigenvalue weighted by atomic mass is 33.1. The molecule has 0 atom stereocenters. The fourth-order valence-electron chi connectivity index (χ4n) is 6.78. The minimum absolute atomic E-state index is 0.0183. The fraction of sp³-hybridized carbons (Fsp3) is 0.609. The second-order valence-electron chi connectivity index (χ2n) is 18.7. The SMILES string of the molecule is CC(C)NC(=O)C(C)(C)CCOC(C)(C)CCn1nnc2c1-c1ccccc1CN(C(=O)CCC(=O)NC(C)(C)COC(C)(C)CCSSCCCC(N)=O)c1ccccc1-2. The summed E-state index contributed by atoms with van der Waals surface area (Å²) in [6, 6.07) is 15.8. The van der Waals surface area contributed by atoms with Gasteiger partial charge in [0.2, 0.25) is 23.6 Å². The Morgan fingerprint density at radius 3 is 2.18 bits per heavy atom. The zero-order chi connectivity index (χ0) is 45.0. The second-order valence-corrected chi connectivity index (χ2v) is 21.4. The van der Waals surface area contributed by atoms with Crippen molar-refractivity contribution in [2.75, 3.05) is 29.6 Å². The zero-order valence-electron chi connectivity index (χ0n) is 38.0. The highest BCUT2D eigenvalue weighted by molar-refractivity contribution is 8.76. The molecular weight excluding hydrogens is 811 g/mol. The predicted molar refractivity (Wildman–Crippen MR) is 248 cm³/mol. The van der Waals surface area contributed by atoms with Crippen molar-refractivity contribution >= 4 is 50.9 Å². The minimum atomic E-state index is -0.647. The van der Waals surface area contributed by atoms with Crippen molar-refractivity contribution in [3.05, 3.63) is 54.1 Å². The van der Waals surface area contributed by atoms with Crippen LogP contribution in [0.5, 0.6) is 0 Å². The van der Waals surface area contributed by atoms with Gasteiger partial charge >= 0.3 is 0 Å². The van der Waals surface area contributed by atoms with Crippen LogP contribution in [0.3, 0.4) is 0 Å². The number of nitrogens with zero attached hydrogens (tertiary/aromatic N) is 4. The van der Waals surface area contributed by atoms with E-state index in [1.165, 1.54) is 0 Å². The number of nitrogens with one attached hydrogen (secondary N) is 2. The smallest absolute Gasteiger partial charge is 0.227 e. The average Bonchev–Trinajstić information content (AvgIpc) is 3.59. The molecule has 0 spiro atoms. The molecule has 4 amide bonds. The first kappa shape index (κ1) is 49.7. The summed E-state index contributed by atoms with van der Waals surface area (Å²) in [7, 11) is 3.49. The molecule has 2 heterocycles. The molecule has 13 nitrogen and oxygen atoms in total. The lowest BCUT2D eigenvalue weighted by Crippen LogP contribution is -2.49. The molecule has 0 radical (unpaired) electrons. The fourth-order valence-corrected chi connectivity index (χ4v) is 9.17. The molecule has 61 heavy (non-hydrogen) atoms. The predicted octanol–water partition coefficient (Wildman–Crippen LogP) is 8.09. The van der Waals surface area contributed by atoms with Gasteiger partial charge in [-0.15, -0.1) is 5.10 Å². The van der Waals surface area contributed by atoms with E-state index in [1.54, 1.807) is 26.5 Å². The number of aromatic nitrogens is 3. The molecule has 1 aromatic heterocycles. The lowest BCUT2D eigenvalue weighted by atomic mass is 9.88. The Kier molecular flexibility index (Phi) is 17.9. The number of rotatable bonds is 24. The average molecular weight is 880 g/mol. The Morgan fingerprint density at radius 1 is 0.820 bits per heavy atom. The van der Waals surface area contributed by atoms with Crippen LogP contribution in [0.15, 0.2) is 48.5 Å². The van der Waals surface area contributed by atoms with Crippen molar-refractivity contribution < 1.29 is 28.7 Å². The van der Waals surface area contributed by atoms with Gasteiger partial charge in [0.05, 0.1) is 41.3 Å². The monoisotopic (exact) mass is 879 g/mol. The highest BCUT2D eigenvalue weighted by Crippen LogP contribution is 2.41. The number of amides is 4. The molecule has 0 unspecified atom stereocenters. The summed E-state index contributed by atoms with van der Waals surface area (Å²) in [6.45, 7) is 21.5. The van der Waals surface area contributed by atoms with Crippen molar-refractivity contribution in [1.29, 1.82) is 0 Å². The topological polar surface area (TPSA) is 171 Å². The van der Waals surface area contributed by atoms with E-state index in [2.05, 4.69) is 29.7 Å². The Bertz CT molecular complexity index is 1960. The van der Waals surface area contributed by atoms with Crippen LogP contribution in [0, 0.1) is 5.41 Å². The Balaban J connectivity index is 1.39. The first-order chi connectivity index (χ1) is 28.6. The molecule has 1 aliphatic heterocycles. The number of hydrogen-bond acceptors (Lipinski definition) is 10. The Hall–Kier alpha value is -3.92. The van der Waals surface area contributed by atoms with Gasteiger partial charge in [-0.05, 0) is 92.7 Å². The zero-order valence-corrected chi connectivity index (χ0v) is 39.7. The molecule has 15 heteroatoms. The molecule has 0 saturated carbocycles. The molecule has 0 saturated heterocycles. The van der Waals surface area contributed by atoms with E-state index in [4.69, 9.17) is 20.3 Å². The van der Waals surface area contributed by atoms with Gasteiger partial charge in [0.25, 0.3) is 0 Å². The number of anilines is 1. The summed E-state index contributed by atoms with van der Waals surface area (Å²) in [5, 5.41) is 15.5. The summed E-state index contributed by atoms with van der Waals surface area (Å²) in [5.74, 6) is 1.12. The van der Waals surface area contributed by atoms with Crippen LogP contribution in [0.4, 0.5) is 5.69 Å². The molecule has 336 valence electrons. The number of carbonyl (C=O) groups is 4. The third kappa shape index (κ3) is 15.4. The first-order valence-electron chi connectivity index (χ1n) is 21.4. The van der Waals surface area contributed by atoms with Crippen LogP contribution >= 0.6 is 21.6 Å². The van der Waals surface area contributed by atoms with Crippen molar-refractivity contribution in [3.8, 4) is 22.5 Å². The second kappa shape index (κ2) is 21.9. The van der Waals surface area contributed by atoms with Crippen molar-refractivity contribution in [3.63, 3.8) is 0 Å². The number of aryl methyl sites for hydroxylation is 1. The number of nitrogens with two attached hydrogens (primary N) is 1. The number of para-hydroxylation sites is 1. The summed E-state index contributed by atoms with van der Waals surface area (Å²) < 4.78 is 14.6. The molecule has 0 bridgehead atoms. The standard InChI is InChI=1S/C46H69N7O6S2/c1-32(2)48-42(57)43(3,4)24-27-58-45(7,8)23-26-53-41-34-17-12-11-16-33(34)30-52(36-19-14-13-18-35(36)40(41)50-51-53)39(56)22-21-38(55)49-44(5,6)31-59-46(9,10)25-29-61-60-28-15-20-37(47)54/h11-14,16-19,32H,15,20-31H2,1-10H3,(H2,47,54)(H,48,57)(H,49,55). The highest BCUT2D eigenvalue weighted by Gasteiger charge is 2.32. The summed E-state index contributed by atoms with van der Waals surface area (Å²) in [5.41, 5.74) is 8.06. The molecule has 2 aromatic carbocycles. The van der Waals surface area contributed by atoms with Gasteiger partial charge in [0.1, 0.15) is 5.69 Å². The molecular formula is C46H69N7O6S2. The van der Waals surface area contributed by atoms with Crippen LogP contribution in [-0.2, 0) is 41.7 Å². The first-order valence-corrected chi connectivity index (χ1v) is 23.9. The van der Waals surface area contributed by atoms with E-state index in [-0.39, 0.29) is 42.5 Å². The molecule has 1 aliphatic rings. The number of fused-ring (bicyclic) bond motifs is 5. The van der Waals surface area contributed by atoms with Gasteiger partial charge in [-0.1, -0.05) is 83.1 Å². The molecule has 4 rings (SSSR count). The molecule has 0 aliphatic carbocycles. The van der Waals surface area contributed by atoms with Crippen LogP contribution in [0.1, 0.15) is 120 Å². The third-order valence-electron chi connectivity index (χ3n) is 10.7. The van der Waals surface area contributed by atoms with Gasteiger partial charge in [-0.25, -0.2) is 4.68 Å². The van der Waals surface area contributed by atoms with Crippen LogP contribution in [0.2, 0.25) is 0 Å². The van der Waals surface area contributed by atoms with Crippen LogP contribution in [0.25, 0.3) is 22.5 Å².